The van der Waals surface area contributed by atoms with Gasteiger partial charge >= 0.3 is 5.97 Å². The monoisotopic (exact) mass is 408 g/mol. The quantitative estimate of drug-likeness (QED) is 0.367. The van der Waals surface area contributed by atoms with Crippen molar-refractivity contribution < 1.29 is 9.53 Å². The minimum absolute atomic E-state index is 0.371. The number of anilines is 1. The van der Waals surface area contributed by atoms with E-state index in [1.54, 1.807) is 24.2 Å². The van der Waals surface area contributed by atoms with Gasteiger partial charge in [-0.2, -0.15) is 5.10 Å². The number of aromatic nitrogens is 4. The predicted octanol–water partition coefficient (Wildman–Crippen LogP) is 3.49. The molecule has 8 nitrogen and oxygen atoms in total. The number of aryl methyl sites for hydroxylation is 1. The number of imidazole rings is 1. The number of rotatable bonds is 6. The molecule has 3 heterocycles. The summed E-state index contributed by atoms with van der Waals surface area (Å²) in [6.07, 6.45) is 8.89. The van der Waals surface area contributed by atoms with E-state index in [0.29, 0.717) is 6.54 Å². The van der Waals surface area contributed by atoms with Crippen molar-refractivity contribution in [3.63, 3.8) is 0 Å². The van der Waals surface area contributed by atoms with Crippen LogP contribution in [0.1, 0.15) is 17.1 Å². The van der Waals surface area contributed by atoms with Gasteiger partial charge in [0.15, 0.2) is 5.82 Å². The van der Waals surface area contributed by atoms with Gasteiger partial charge in [0.1, 0.15) is 11.6 Å². The number of H-pyrrole nitrogens is 1. The van der Waals surface area contributed by atoms with E-state index in [0.717, 1.165) is 33.6 Å². The number of ether oxygens (including phenoxy) is 1. The molecule has 0 bridgehead atoms. The Morgan fingerprint density at radius 1 is 1.34 bits per heavy atom. The van der Waals surface area contributed by atoms with Crippen LogP contribution in [0.3, 0.4) is 0 Å². The minimum atomic E-state index is -0.371. The smallest absolute Gasteiger partial charge is 0.330 e. The highest BCUT2D eigenvalue weighted by Crippen LogP contribution is 2.30. The summed E-state index contributed by atoms with van der Waals surface area (Å²) in [5.41, 5.74) is 1.92. The number of hydrogen-bond acceptors (Lipinski definition) is 7. The summed E-state index contributed by atoms with van der Waals surface area (Å²) in [5.74, 6) is 2.19. The minimum Gasteiger partial charge on any atom is -0.466 e. The molecule has 0 saturated heterocycles. The number of aromatic amines is 1. The van der Waals surface area contributed by atoms with Crippen molar-refractivity contribution in [1.82, 2.24) is 24.1 Å². The van der Waals surface area contributed by atoms with Crippen molar-refractivity contribution in [2.75, 3.05) is 12.4 Å². The zero-order valence-corrected chi connectivity index (χ0v) is 16.8. The van der Waals surface area contributed by atoms with Gasteiger partial charge in [0.25, 0.3) is 0 Å². The Kier molecular flexibility index (Phi) is 5.39. The molecule has 0 spiro atoms. The van der Waals surface area contributed by atoms with Crippen LogP contribution >= 0.6 is 11.9 Å². The Hall–Kier alpha value is -3.46. The Labute approximate surface area is 172 Å². The maximum absolute atomic E-state index is 11.2. The third-order valence-electron chi connectivity index (χ3n) is 4.22. The molecule has 0 unspecified atom stereocenters. The van der Waals surface area contributed by atoms with Crippen LogP contribution < -0.4 is 5.32 Å². The number of fused-ring (bicyclic) bond motifs is 1. The largest absolute Gasteiger partial charge is 0.466 e. The fourth-order valence-corrected chi connectivity index (χ4v) is 3.69. The molecule has 148 valence electrons. The topological polar surface area (TPSA) is 88.1 Å². The Bertz CT molecular complexity index is 1070. The summed E-state index contributed by atoms with van der Waals surface area (Å²) >= 11 is 1.61. The van der Waals surface area contributed by atoms with E-state index >= 15 is 0 Å². The van der Waals surface area contributed by atoms with Crippen LogP contribution in [0.5, 0.6) is 0 Å². The van der Waals surface area contributed by atoms with Crippen LogP contribution in [-0.4, -0.2) is 37.1 Å². The lowest BCUT2D eigenvalue weighted by Gasteiger charge is -2.26. The van der Waals surface area contributed by atoms with Crippen molar-refractivity contribution in [2.45, 2.75) is 18.4 Å². The van der Waals surface area contributed by atoms with Crippen molar-refractivity contribution in [2.24, 2.45) is 0 Å². The standard InChI is InChI=1S/C20H20N6O2S/c1-14-11-17(24-23-14)22-19-13-25(12-18-21-9-10-26(18)19)29-16-6-3-15(4-7-16)5-8-20(27)28-2/h3-11,13H,12H2,1-2H3,(H2,22,23,24). The predicted molar refractivity (Wildman–Crippen MR) is 112 cm³/mol. The normalized spacial score (nSPS) is 13.3. The van der Waals surface area contributed by atoms with Crippen LogP contribution in [0.2, 0.25) is 0 Å². The zero-order valence-electron chi connectivity index (χ0n) is 16.0. The summed E-state index contributed by atoms with van der Waals surface area (Å²) in [7, 11) is 1.36. The van der Waals surface area contributed by atoms with E-state index in [2.05, 4.69) is 29.5 Å². The fraction of sp³-hybridized carbons (Fsp3) is 0.150. The molecule has 0 atom stereocenters. The van der Waals surface area contributed by atoms with Crippen LogP contribution in [0.4, 0.5) is 5.82 Å². The van der Waals surface area contributed by atoms with Crippen molar-refractivity contribution >= 4 is 35.6 Å². The lowest BCUT2D eigenvalue weighted by molar-refractivity contribution is -0.134. The van der Waals surface area contributed by atoms with E-state index in [1.165, 1.54) is 13.2 Å². The fourth-order valence-electron chi connectivity index (χ4n) is 2.83. The molecule has 4 rings (SSSR count). The molecular formula is C20H20N6O2S. The van der Waals surface area contributed by atoms with E-state index in [9.17, 15) is 4.79 Å². The molecule has 1 aromatic carbocycles. The maximum Gasteiger partial charge on any atom is 0.330 e. The molecule has 0 amide bonds. The number of carbonyl (C=O) groups is 1. The number of methoxy groups -OCH3 is 1. The highest BCUT2D eigenvalue weighted by atomic mass is 32.2. The van der Waals surface area contributed by atoms with Gasteiger partial charge in [0.05, 0.1) is 19.9 Å². The first kappa shape index (κ1) is 18.9. The molecule has 1 aliphatic rings. The van der Waals surface area contributed by atoms with Crippen LogP contribution in [0.15, 0.2) is 59.9 Å². The lowest BCUT2D eigenvalue weighted by atomic mass is 10.2. The number of hydrogen-bond donors (Lipinski definition) is 2. The molecule has 2 aromatic heterocycles. The SMILES string of the molecule is COC(=O)C=Cc1ccc(SN2C=C(Nc3cc(C)[nH]n3)n3ccnc3C2)cc1. The first-order valence-corrected chi connectivity index (χ1v) is 9.72. The Balaban J connectivity index is 1.49. The molecule has 0 aliphatic carbocycles. The molecule has 29 heavy (non-hydrogen) atoms. The number of benzene rings is 1. The molecule has 9 heteroatoms. The summed E-state index contributed by atoms with van der Waals surface area (Å²) in [6.45, 7) is 2.63. The van der Waals surface area contributed by atoms with E-state index in [1.807, 2.05) is 54.2 Å². The van der Waals surface area contributed by atoms with Gasteiger partial charge in [0.2, 0.25) is 0 Å². The zero-order chi connectivity index (χ0) is 20.2. The van der Waals surface area contributed by atoms with Gasteiger partial charge in [-0.05, 0) is 42.6 Å². The van der Waals surface area contributed by atoms with Crippen LogP contribution in [-0.2, 0) is 16.1 Å². The number of nitrogens with one attached hydrogen (secondary N) is 2. The van der Waals surface area contributed by atoms with E-state index in [-0.39, 0.29) is 5.97 Å². The molecule has 2 N–H and O–H groups in total. The van der Waals surface area contributed by atoms with Gasteiger partial charge in [-0.25, -0.2) is 9.78 Å². The third kappa shape index (κ3) is 4.52. The number of nitrogens with zero attached hydrogens (tertiary/aromatic N) is 4. The molecule has 3 aromatic rings. The summed E-state index contributed by atoms with van der Waals surface area (Å²) in [5, 5.41) is 10.5. The van der Waals surface area contributed by atoms with E-state index in [4.69, 9.17) is 0 Å². The Morgan fingerprint density at radius 2 is 2.17 bits per heavy atom. The number of esters is 1. The average Bonchev–Trinajstić information content (AvgIpc) is 3.36. The maximum atomic E-state index is 11.2. The van der Waals surface area contributed by atoms with E-state index < -0.39 is 0 Å². The van der Waals surface area contributed by atoms with Gasteiger partial charge in [-0.15, -0.1) is 0 Å². The average molecular weight is 408 g/mol. The van der Waals surface area contributed by atoms with Crippen molar-refractivity contribution in [3.05, 3.63) is 72.1 Å². The summed E-state index contributed by atoms with van der Waals surface area (Å²) in [6, 6.07) is 9.90. The van der Waals surface area contributed by atoms with Gasteiger partial charge in [-0.3, -0.25) is 9.67 Å². The first-order chi connectivity index (χ1) is 14.1. The van der Waals surface area contributed by atoms with Crippen LogP contribution in [0, 0.1) is 6.92 Å². The van der Waals surface area contributed by atoms with Gasteiger partial charge in [0, 0.05) is 35.1 Å². The second-order valence-electron chi connectivity index (χ2n) is 6.38. The number of carbonyl (C=O) groups excluding carboxylic acids is 1. The molecule has 1 aliphatic heterocycles. The summed E-state index contributed by atoms with van der Waals surface area (Å²) in [4.78, 5) is 16.7. The Morgan fingerprint density at radius 3 is 2.90 bits per heavy atom. The first-order valence-electron chi connectivity index (χ1n) is 8.95. The summed E-state index contributed by atoms with van der Waals surface area (Å²) < 4.78 is 8.74. The van der Waals surface area contributed by atoms with Crippen molar-refractivity contribution in [1.29, 1.82) is 0 Å². The third-order valence-corrected chi connectivity index (χ3v) is 5.17. The van der Waals surface area contributed by atoms with Gasteiger partial charge in [-0.1, -0.05) is 12.1 Å². The second kappa shape index (κ2) is 8.27. The highest BCUT2D eigenvalue weighted by Gasteiger charge is 2.19. The molecular weight excluding hydrogens is 388 g/mol. The highest BCUT2D eigenvalue weighted by molar-refractivity contribution is 7.97. The second-order valence-corrected chi connectivity index (χ2v) is 7.50. The van der Waals surface area contributed by atoms with Crippen LogP contribution in [0.25, 0.3) is 11.9 Å². The molecule has 0 saturated carbocycles. The molecule has 0 radical (unpaired) electrons. The van der Waals surface area contributed by atoms with Crippen molar-refractivity contribution in [3.8, 4) is 0 Å². The lowest BCUT2D eigenvalue weighted by Crippen LogP contribution is -2.23. The van der Waals surface area contributed by atoms with Gasteiger partial charge < -0.3 is 14.4 Å². The molecule has 0 fully saturated rings.